The predicted molar refractivity (Wildman–Crippen MR) is 87.2 cm³/mol. The average molecular weight is 307 g/mol. The van der Waals surface area contributed by atoms with Crippen LogP contribution in [0.5, 0.6) is 0 Å². The Morgan fingerprint density at radius 2 is 1.95 bits per heavy atom. The fraction of sp³-hybridized carbons (Fsp3) is 0.588. The van der Waals surface area contributed by atoms with E-state index in [1.807, 2.05) is 30.9 Å². The van der Waals surface area contributed by atoms with Crippen LogP contribution in [0.25, 0.3) is 0 Å². The summed E-state index contributed by atoms with van der Waals surface area (Å²) >= 11 is 0. The number of primary amides is 1. The largest absolute Gasteiger partial charge is 0.370 e. The summed E-state index contributed by atoms with van der Waals surface area (Å²) in [5.74, 6) is -0.346. The molecule has 1 fully saturated rings. The smallest absolute Gasteiger partial charge is 0.220 e. The maximum Gasteiger partial charge on any atom is 0.220 e. The van der Waals surface area contributed by atoms with Crippen LogP contribution in [0.2, 0.25) is 0 Å². The highest BCUT2D eigenvalue weighted by Crippen LogP contribution is 2.23. The van der Waals surface area contributed by atoms with Gasteiger partial charge in [0.05, 0.1) is 5.69 Å². The van der Waals surface area contributed by atoms with E-state index in [1.165, 1.54) is 0 Å². The van der Waals surface area contributed by atoms with Gasteiger partial charge in [0, 0.05) is 25.6 Å². The number of piperidine rings is 1. The van der Waals surface area contributed by atoms with Crippen LogP contribution in [0.1, 0.15) is 32.3 Å². The number of rotatable bonds is 6. The number of hydrogen-bond donors (Lipinski definition) is 1. The fourth-order valence-electron chi connectivity index (χ4n) is 3.10. The van der Waals surface area contributed by atoms with Gasteiger partial charge in [-0.1, -0.05) is 6.07 Å². The van der Waals surface area contributed by atoms with E-state index >= 15 is 0 Å². The molecule has 4 nitrogen and oxygen atoms in total. The van der Waals surface area contributed by atoms with Gasteiger partial charge in [-0.2, -0.15) is 0 Å². The number of amides is 1. The van der Waals surface area contributed by atoms with E-state index in [-0.39, 0.29) is 17.6 Å². The highest BCUT2D eigenvalue weighted by atomic mass is 19.1. The molecule has 0 bridgehead atoms. The van der Waals surface area contributed by atoms with Crippen molar-refractivity contribution in [3.05, 3.63) is 29.6 Å². The zero-order chi connectivity index (χ0) is 16.1. The molecule has 1 saturated heterocycles. The van der Waals surface area contributed by atoms with Crippen molar-refractivity contribution >= 4 is 11.6 Å². The van der Waals surface area contributed by atoms with Gasteiger partial charge in [0.15, 0.2) is 0 Å². The lowest BCUT2D eigenvalue weighted by Gasteiger charge is -2.31. The zero-order valence-corrected chi connectivity index (χ0v) is 13.5. The summed E-state index contributed by atoms with van der Waals surface area (Å²) in [6.45, 7) is 8.17. The lowest BCUT2D eigenvalue weighted by molar-refractivity contribution is -0.123. The monoisotopic (exact) mass is 307 g/mol. The van der Waals surface area contributed by atoms with Crippen molar-refractivity contribution in [3.63, 3.8) is 0 Å². The standard InChI is InChI=1S/C17H26FN3O/c1-3-21(4-2)16-11-13(5-6-15(16)18)12-20-9-7-14(8-10-20)17(19)22/h5-6,11,14H,3-4,7-10,12H2,1-2H3,(H2,19,22). The van der Waals surface area contributed by atoms with Crippen molar-refractivity contribution in [2.24, 2.45) is 11.7 Å². The Bertz CT molecular complexity index is 509. The first-order valence-electron chi connectivity index (χ1n) is 8.10. The third-order valence-electron chi connectivity index (χ3n) is 4.51. The summed E-state index contributed by atoms with van der Waals surface area (Å²) in [4.78, 5) is 15.5. The molecule has 1 aliphatic heterocycles. The van der Waals surface area contributed by atoms with Crippen molar-refractivity contribution in [3.8, 4) is 0 Å². The molecule has 22 heavy (non-hydrogen) atoms. The third kappa shape index (κ3) is 3.97. The Hall–Kier alpha value is -1.62. The molecule has 0 aromatic heterocycles. The number of likely N-dealkylation sites (tertiary alicyclic amines) is 1. The molecule has 2 rings (SSSR count). The fourth-order valence-corrected chi connectivity index (χ4v) is 3.10. The molecular weight excluding hydrogens is 281 g/mol. The van der Waals surface area contributed by atoms with Gasteiger partial charge in [-0.15, -0.1) is 0 Å². The predicted octanol–water partition coefficient (Wildman–Crippen LogP) is 2.37. The van der Waals surface area contributed by atoms with Crippen molar-refractivity contribution in [2.75, 3.05) is 31.1 Å². The maximum absolute atomic E-state index is 14.0. The maximum atomic E-state index is 14.0. The molecule has 0 spiro atoms. The molecule has 1 aromatic rings. The van der Waals surface area contributed by atoms with Crippen LogP contribution < -0.4 is 10.6 Å². The highest BCUT2D eigenvalue weighted by Gasteiger charge is 2.23. The van der Waals surface area contributed by atoms with Crippen LogP contribution in [0, 0.1) is 11.7 Å². The summed E-state index contributed by atoms with van der Waals surface area (Å²) in [6.07, 6.45) is 1.64. The zero-order valence-electron chi connectivity index (χ0n) is 13.5. The minimum atomic E-state index is -0.190. The second-order valence-electron chi connectivity index (χ2n) is 5.91. The van der Waals surface area contributed by atoms with E-state index in [2.05, 4.69) is 4.90 Å². The summed E-state index contributed by atoms with van der Waals surface area (Å²) < 4.78 is 14.0. The molecule has 1 aromatic carbocycles. The van der Waals surface area contributed by atoms with Crippen molar-refractivity contribution in [1.82, 2.24) is 4.90 Å². The first kappa shape index (κ1) is 16.7. The molecule has 0 saturated carbocycles. The summed E-state index contributed by atoms with van der Waals surface area (Å²) in [6, 6.07) is 5.35. The number of anilines is 1. The number of nitrogens with two attached hydrogens (primary N) is 1. The van der Waals surface area contributed by atoms with Crippen LogP contribution in [0.3, 0.4) is 0 Å². The molecule has 1 aliphatic rings. The van der Waals surface area contributed by atoms with E-state index in [1.54, 1.807) is 6.07 Å². The van der Waals surface area contributed by atoms with Crippen LogP contribution in [-0.2, 0) is 11.3 Å². The van der Waals surface area contributed by atoms with E-state index < -0.39 is 0 Å². The Morgan fingerprint density at radius 3 is 2.50 bits per heavy atom. The summed E-state index contributed by atoms with van der Waals surface area (Å²) in [5.41, 5.74) is 7.15. The Morgan fingerprint density at radius 1 is 1.32 bits per heavy atom. The van der Waals surface area contributed by atoms with Crippen LogP contribution >= 0.6 is 0 Å². The number of benzene rings is 1. The SMILES string of the molecule is CCN(CC)c1cc(CN2CCC(C(N)=O)CC2)ccc1F. The van der Waals surface area contributed by atoms with Gasteiger partial charge in [-0.3, -0.25) is 9.69 Å². The van der Waals surface area contributed by atoms with Gasteiger partial charge in [0.2, 0.25) is 5.91 Å². The van der Waals surface area contributed by atoms with Crippen LogP contribution in [-0.4, -0.2) is 37.0 Å². The normalized spacial score (nSPS) is 16.7. The molecule has 1 amide bonds. The second-order valence-corrected chi connectivity index (χ2v) is 5.91. The number of nitrogens with zero attached hydrogens (tertiary/aromatic N) is 2. The lowest BCUT2D eigenvalue weighted by atomic mass is 9.96. The number of halogens is 1. The van der Waals surface area contributed by atoms with Gasteiger partial charge in [0.1, 0.15) is 5.82 Å². The minimum absolute atomic E-state index is 0.00991. The average Bonchev–Trinajstić information content (AvgIpc) is 2.52. The number of carbonyl (C=O) groups is 1. The van der Waals surface area contributed by atoms with Gasteiger partial charge in [0.25, 0.3) is 0 Å². The molecule has 0 radical (unpaired) electrons. The third-order valence-corrected chi connectivity index (χ3v) is 4.51. The lowest BCUT2D eigenvalue weighted by Crippen LogP contribution is -2.38. The van der Waals surface area contributed by atoms with Gasteiger partial charge in [-0.25, -0.2) is 4.39 Å². The first-order valence-corrected chi connectivity index (χ1v) is 8.10. The molecule has 1 heterocycles. The first-order chi connectivity index (χ1) is 10.5. The number of carbonyl (C=O) groups excluding carboxylic acids is 1. The van der Waals surface area contributed by atoms with Crippen LogP contribution in [0.4, 0.5) is 10.1 Å². The molecule has 5 heteroatoms. The van der Waals surface area contributed by atoms with E-state index in [4.69, 9.17) is 5.73 Å². The summed E-state index contributed by atoms with van der Waals surface area (Å²) in [7, 11) is 0. The minimum Gasteiger partial charge on any atom is -0.370 e. The Balaban J connectivity index is 2.02. The van der Waals surface area contributed by atoms with Crippen molar-refractivity contribution < 1.29 is 9.18 Å². The second kappa shape index (κ2) is 7.58. The molecule has 0 aliphatic carbocycles. The number of hydrogen-bond acceptors (Lipinski definition) is 3. The van der Waals surface area contributed by atoms with Crippen molar-refractivity contribution in [2.45, 2.75) is 33.2 Å². The molecule has 2 N–H and O–H groups in total. The van der Waals surface area contributed by atoms with E-state index in [0.717, 1.165) is 51.1 Å². The van der Waals surface area contributed by atoms with E-state index in [0.29, 0.717) is 5.69 Å². The molecular formula is C17H26FN3O. The van der Waals surface area contributed by atoms with Crippen molar-refractivity contribution in [1.29, 1.82) is 0 Å². The van der Waals surface area contributed by atoms with E-state index in [9.17, 15) is 9.18 Å². The summed E-state index contributed by atoms with van der Waals surface area (Å²) in [5, 5.41) is 0. The van der Waals surface area contributed by atoms with Gasteiger partial charge in [-0.05, 0) is 57.5 Å². The topological polar surface area (TPSA) is 49.6 Å². The molecule has 122 valence electrons. The van der Waals surface area contributed by atoms with Gasteiger partial charge >= 0.3 is 0 Å². The molecule has 0 unspecified atom stereocenters. The Labute approximate surface area is 132 Å². The molecule has 0 atom stereocenters. The highest BCUT2D eigenvalue weighted by molar-refractivity contribution is 5.76. The van der Waals surface area contributed by atoms with Crippen LogP contribution in [0.15, 0.2) is 18.2 Å². The quantitative estimate of drug-likeness (QED) is 0.878. The Kier molecular flexibility index (Phi) is 5.77. The van der Waals surface area contributed by atoms with Gasteiger partial charge < -0.3 is 10.6 Å².